The summed E-state index contributed by atoms with van der Waals surface area (Å²) in [5, 5.41) is 13.2. The average molecular weight is 252 g/mol. The van der Waals surface area contributed by atoms with E-state index < -0.39 is 0 Å². The monoisotopic (exact) mass is 252 g/mol. The highest BCUT2D eigenvalue weighted by atomic mass is 32.2. The zero-order valence-electron chi connectivity index (χ0n) is 10.3. The van der Waals surface area contributed by atoms with Gasteiger partial charge in [0.2, 0.25) is 0 Å². The van der Waals surface area contributed by atoms with E-state index in [0.29, 0.717) is 0 Å². The van der Waals surface area contributed by atoms with Gasteiger partial charge in [0.25, 0.3) is 0 Å². The van der Waals surface area contributed by atoms with Gasteiger partial charge in [-0.15, -0.1) is 10.2 Å². The lowest BCUT2D eigenvalue weighted by molar-refractivity contribution is 0.636. The molecule has 0 saturated carbocycles. The lowest BCUT2D eigenvalue weighted by Crippen LogP contribution is -2.04. The first kappa shape index (κ1) is 12.1. The Hall–Kier alpha value is -1.37. The molecule has 0 fully saturated rings. The molecule has 2 rings (SSSR count). The van der Waals surface area contributed by atoms with Crippen molar-refractivity contribution in [3.05, 3.63) is 18.0 Å². The van der Waals surface area contributed by atoms with Crippen molar-refractivity contribution in [2.45, 2.75) is 37.7 Å². The minimum absolute atomic E-state index is 0.771. The number of aromatic nitrogens is 6. The largest absolute Gasteiger partial charge is 0.315 e. The van der Waals surface area contributed by atoms with Crippen LogP contribution in [0.15, 0.2) is 11.5 Å². The topological polar surface area (TPSA) is 61.4 Å². The Balaban J connectivity index is 2.06. The molecule has 17 heavy (non-hydrogen) atoms. The molecule has 2 aromatic rings. The van der Waals surface area contributed by atoms with E-state index in [0.717, 1.165) is 35.5 Å². The lowest BCUT2D eigenvalue weighted by Gasteiger charge is -2.06. The molecule has 0 saturated heterocycles. The third kappa shape index (κ3) is 2.66. The van der Waals surface area contributed by atoms with Gasteiger partial charge in [-0.3, -0.25) is 0 Å². The zero-order valence-corrected chi connectivity index (χ0v) is 11.1. The van der Waals surface area contributed by atoms with Gasteiger partial charge in [0.05, 0.1) is 5.75 Å². The molecule has 6 nitrogen and oxygen atoms in total. The van der Waals surface area contributed by atoms with Crippen molar-refractivity contribution in [2.75, 3.05) is 0 Å². The first-order chi connectivity index (χ1) is 8.22. The summed E-state index contributed by atoms with van der Waals surface area (Å²) in [5.41, 5.74) is 0. The van der Waals surface area contributed by atoms with Crippen molar-refractivity contribution in [3.63, 3.8) is 0 Å². The Kier molecular flexibility index (Phi) is 3.78. The Morgan fingerprint density at radius 3 is 2.82 bits per heavy atom. The fourth-order valence-corrected chi connectivity index (χ4v) is 2.42. The van der Waals surface area contributed by atoms with Gasteiger partial charge in [0, 0.05) is 13.6 Å². The number of hydrogen-bond acceptors (Lipinski definition) is 5. The molecule has 7 heteroatoms. The van der Waals surface area contributed by atoms with E-state index in [4.69, 9.17) is 0 Å². The van der Waals surface area contributed by atoms with Crippen LogP contribution in [0.1, 0.15) is 25.0 Å². The Bertz CT molecular complexity index is 489. The summed E-state index contributed by atoms with van der Waals surface area (Å²) in [7, 11) is 1.89. The van der Waals surface area contributed by atoms with Crippen LogP contribution >= 0.6 is 11.8 Å². The molecule has 0 aromatic carbocycles. The molecular weight excluding hydrogens is 236 g/mol. The molecule has 2 aromatic heterocycles. The van der Waals surface area contributed by atoms with E-state index in [-0.39, 0.29) is 0 Å². The minimum atomic E-state index is 0.771. The summed E-state index contributed by atoms with van der Waals surface area (Å²) in [4.78, 5) is 4.17. The van der Waals surface area contributed by atoms with Crippen LogP contribution in [-0.2, 0) is 19.3 Å². The van der Waals surface area contributed by atoms with Crippen LogP contribution in [0.3, 0.4) is 0 Å². The van der Waals surface area contributed by atoms with Crippen LogP contribution in [0, 0.1) is 6.92 Å². The molecule has 0 aliphatic carbocycles. The van der Waals surface area contributed by atoms with Gasteiger partial charge in [-0.05, 0) is 13.3 Å². The Morgan fingerprint density at radius 2 is 2.18 bits per heavy atom. The van der Waals surface area contributed by atoms with E-state index in [2.05, 4.69) is 31.8 Å². The van der Waals surface area contributed by atoms with Gasteiger partial charge in [0.1, 0.15) is 18.0 Å². The second kappa shape index (κ2) is 5.31. The number of nitrogens with zero attached hydrogens (tertiary/aromatic N) is 6. The van der Waals surface area contributed by atoms with Crippen LogP contribution in [0.5, 0.6) is 0 Å². The number of rotatable bonds is 5. The smallest absolute Gasteiger partial charge is 0.186 e. The zero-order chi connectivity index (χ0) is 12.3. The predicted molar refractivity (Wildman–Crippen MR) is 65.6 cm³/mol. The third-order valence-corrected chi connectivity index (χ3v) is 3.49. The molecule has 0 atom stereocenters. The lowest BCUT2D eigenvalue weighted by atomic mass is 10.4. The SMILES string of the molecule is CCCn1c(C)nnc1CSc1ncnn1C. The van der Waals surface area contributed by atoms with Crippen LogP contribution in [0.4, 0.5) is 0 Å². The van der Waals surface area contributed by atoms with Gasteiger partial charge >= 0.3 is 0 Å². The van der Waals surface area contributed by atoms with Gasteiger partial charge in [-0.1, -0.05) is 18.7 Å². The van der Waals surface area contributed by atoms with E-state index in [1.54, 1.807) is 22.8 Å². The molecule has 0 bridgehead atoms. The molecule has 0 aliphatic heterocycles. The highest BCUT2D eigenvalue weighted by Gasteiger charge is 2.10. The molecule has 0 aliphatic rings. The van der Waals surface area contributed by atoms with Crippen molar-refractivity contribution in [1.29, 1.82) is 0 Å². The fraction of sp³-hybridized carbons (Fsp3) is 0.600. The Morgan fingerprint density at radius 1 is 1.35 bits per heavy atom. The Labute approximate surface area is 104 Å². The molecule has 0 unspecified atom stereocenters. The first-order valence-corrected chi connectivity index (χ1v) is 6.56. The molecule has 0 amide bonds. The van der Waals surface area contributed by atoms with Gasteiger partial charge < -0.3 is 4.57 Å². The maximum atomic E-state index is 4.20. The summed E-state index contributed by atoms with van der Waals surface area (Å²) >= 11 is 1.63. The molecule has 0 spiro atoms. The second-order valence-electron chi connectivity index (χ2n) is 3.77. The van der Waals surface area contributed by atoms with Crippen LogP contribution < -0.4 is 0 Å². The predicted octanol–water partition coefficient (Wildman–Crippen LogP) is 1.42. The minimum Gasteiger partial charge on any atom is -0.315 e. The highest BCUT2D eigenvalue weighted by Crippen LogP contribution is 2.19. The van der Waals surface area contributed by atoms with Crippen LogP contribution in [0.25, 0.3) is 0 Å². The van der Waals surface area contributed by atoms with Crippen LogP contribution in [0.2, 0.25) is 0 Å². The number of aryl methyl sites for hydroxylation is 2. The normalized spacial score (nSPS) is 11.0. The molecule has 0 radical (unpaired) electrons. The third-order valence-electron chi connectivity index (χ3n) is 2.46. The average Bonchev–Trinajstić information content (AvgIpc) is 2.86. The standard InChI is InChI=1S/C10H16N6S/c1-4-5-16-8(2)13-14-9(16)6-17-10-11-7-12-15(10)3/h7H,4-6H2,1-3H3. The molecule has 92 valence electrons. The summed E-state index contributed by atoms with van der Waals surface area (Å²) in [6.07, 6.45) is 2.64. The number of thioether (sulfide) groups is 1. The highest BCUT2D eigenvalue weighted by molar-refractivity contribution is 7.98. The van der Waals surface area contributed by atoms with E-state index in [1.165, 1.54) is 0 Å². The maximum absolute atomic E-state index is 4.20. The fourth-order valence-electron chi connectivity index (χ4n) is 1.59. The van der Waals surface area contributed by atoms with E-state index in [9.17, 15) is 0 Å². The number of hydrogen-bond donors (Lipinski definition) is 0. The summed E-state index contributed by atoms with van der Waals surface area (Å²) in [6, 6.07) is 0. The van der Waals surface area contributed by atoms with E-state index >= 15 is 0 Å². The van der Waals surface area contributed by atoms with Gasteiger partial charge in [-0.2, -0.15) is 5.10 Å². The van der Waals surface area contributed by atoms with Crippen LogP contribution in [-0.4, -0.2) is 29.5 Å². The maximum Gasteiger partial charge on any atom is 0.186 e. The van der Waals surface area contributed by atoms with Crippen molar-refractivity contribution in [2.24, 2.45) is 7.05 Å². The molecule has 2 heterocycles. The van der Waals surface area contributed by atoms with Crippen molar-refractivity contribution in [1.82, 2.24) is 29.5 Å². The summed E-state index contributed by atoms with van der Waals surface area (Å²) in [5.74, 6) is 2.74. The van der Waals surface area contributed by atoms with Crippen molar-refractivity contribution >= 4 is 11.8 Å². The molecule has 0 N–H and O–H groups in total. The van der Waals surface area contributed by atoms with E-state index in [1.807, 2.05) is 14.0 Å². The first-order valence-electron chi connectivity index (χ1n) is 5.57. The summed E-state index contributed by atoms with van der Waals surface area (Å²) < 4.78 is 3.92. The second-order valence-corrected chi connectivity index (χ2v) is 4.71. The molecular formula is C10H16N6S. The van der Waals surface area contributed by atoms with Gasteiger partial charge in [-0.25, -0.2) is 9.67 Å². The van der Waals surface area contributed by atoms with Crippen molar-refractivity contribution < 1.29 is 0 Å². The quantitative estimate of drug-likeness (QED) is 0.753. The summed E-state index contributed by atoms with van der Waals surface area (Å²) in [6.45, 7) is 5.10. The van der Waals surface area contributed by atoms with Gasteiger partial charge in [0.15, 0.2) is 5.16 Å². The van der Waals surface area contributed by atoms with Crippen molar-refractivity contribution in [3.8, 4) is 0 Å².